The van der Waals surface area contributed by atoms with Crippen LogP contribution in [0.25, 0.3) is 0 Å². The summed E-state index contributed by atoms with van der Waals surface area (Å²) in [6, 6.07) is 5.83. The van der Waals surface area contributed by atoms with Gasteiger partial charge in [-0.15, -0.1) is 0 Å². The number of hydrogen-bond donors (Lipinski definition) is 1. The highest BCUT2D eigenvalue weighted by Gasteiger charge is 2.33. The van der Waals surface area contributed by atoms with Crippen LogP contribution < -0.4 is 5.32 Å². The molecule has 0 spiro atoms. The lowest BCUT2D eigenvalue weighted by atomic mass is 9.92. The van der Waals surface area contributed by atoms with Gasteiger partial charge in [-0.05, 0) is 51.3 Å². The molecular weight excluding hydrogens is 251 g/mol. The summed E-state index contributed by atoms with van der Waals surface area (Å²) in [6.45, 7) is 8.68. The van der Waals surface area contributed by atoms with Crippen molar-refractivity contribution in [2.24, 2.45) is 0 Å². The summed E-state index contributed by atoms with van der Waals surface area (Å²) < 4.78 is 38.7. The van der Waals surface area contributed by atoms with Gasteiger partial charge in [-0.1, -0.05) is 25.1 Å². The number of alkyl halides is 3. The van der Waals surface area contributed by atoms with Crippen molar-refractivity contribution in [3.05, 3.63) is 35.4 Å². The molecule has 0 fully saturated rings. The van der Waals surface area contributed by atoms with Gasteiger partial charge >= 0.3 is 6.18 Å². The quantitative estimate of drug-likeness (QED) is 0.846. The van der Waals surface area contributed by atoms with Crippen LogP contribution in [0.5, 0.6) is 0 Å². The number of nitrogens with one attached hydrogen (secondary N) is 1. The minimum atomic E-state index is -4.28. The van der Waals surface area contributed by atoms with Crippen molar-refractivity contribution >= 4 is 0 Å². The van der Waals surface area contributed by atoms with Gasteiger partial charge in [0.15, 0.2) is 0 Å². The molecule has 0 aromatic heterocycles. The summed E-state index contributed by atoms with van der Waals surface area (Å²) >= 11 is 0. The maximum absolute atomic E-state index is 12.9. The Morgan fingerprint density at radius 2 is 1.68 bits per heavy atom. The van der Waals surface area contributed by atoms with E-state index in [1.54, 1.807) is 12.1 Å². The van der Waals surface area contributed by atoms with E-state index in [1.165, 1.54) is 6.07 Å². The zero-order valence-electron chi connectivity index (χ0n) is 11.9. The lowest BCUT2D eigenvalue weighted by molar-refractivity contribution is -0.138. The molecule has 1 unspecified atom stereocenters. The van der Waals surface area contributed by atoms with Gasteiger partial charge in [0, 0.05) is 5.54 Å². The second-order valence-corrected chi connectivity index (χ2v) is 5.95. The Balaban J connectivity index is 2.75. The molecule has 19 heavy (non-hydrogen) atoms. The number of hydrogen-bond acceptors (Lipinski definition) is 1. The Kier molecular flexibility index (Phi) is 5.02. The molecular formula is C15H22F3N. The first-order chi connectivity index (χ1) is 8.61. The van der Waals surface area contributed by atoms with Gasteiger partial charge in [0.05, 0.1) is 5.56 Å². The number of rotatable bonds is 4. The van der Waals surface area contributed by atoms with E-state index < -0.39 is 11.7 Å². The zero-order valence-corrected chi connectivity index (χ0v) is 11.9. The van der Waals surface area contributed by atoms with Crippen LogP contribution in [0.1, 0.15) is 51.2 Å². The van der Waals surface area contributed by atoms with Crippen LogP contribution in [0.2, 0.25) is 0 Å². The van der Waals surface area contributed by atoms with Gasteiger partial charge in [0.2, 0.25) is 0 Å². The molecule has 1 aromatic rings. The summed E-state index contributed by atoms with van der Waals surface area (Å²) in [4.78, 5) is 0. The Morgan fingerprint density at radius 3 is 2.21 bits per heavy atom. The van der Waals surface area contributed by atoms with Crippen molar-refractivity contribution in [1.82, 2.24) is 5.32 Å². The molecule has 0 bridgehead atoms. The maximum Gasteiger partial charge on any atom is 0.416 e. The lowest BCUT2D eigenvalue weighted by Crippen LogP contribution is -2.36. The molecule has 108 valence electrons. The van der Waals surface area contributed by atoms with Crippen molar-refractivity contribution in [2.75, 3.05) is 6.54 Å². The van der Waals surface area contributed by atoms with Crippen LogP contribution in [0.15, 0.2) is 24.3 Å². The van der Waals surface area contributed by atoms with E-state index in [1.807, 2.05) is 27.7 Å². The third-order valence-electron chi connectivity index (χ3n) is 3.03. The van der Waals surface area contributed by atoms with Crippen LogP contribution in [0, 0.1) is 0 Å². The van der Waals surface area contributed by atoms with Gasteiger partial charge < -0.3 is 5.32 Å². The Morgan fingerprint density at radius 1 is 1.11 bits per heavy atom. The second-order valence-electron chi connectivity index (χ2n) is 5.95. The minimum absolute atomic E-state index is 0.0106. The van der Waals surface area contributed by atoms with Crippen LogP contribution >= 0.6 is 0 Å². The molecule has 1 N–H and O–H groups in total. The molecule has 0 radical (unpaired) electrons. The van der Waals surface area contributed by atoms with E-state index >= 15 is 0 Å². The number of benzene rings is 1. The van der Waals surface area contributed by atoms with Gasteiger partial charge in [-0.2, -0.15) is 13.2 Å². The van der Waals surface area contributed by atoms with Crippen LogP contribution in [-0.4, -0.2) is 12.1 Å². The average molecular weight is 273 g/mol. The summed E-state index contributed by atoms with van der Waals surface area (Å²) in [5.41, 5.74) is -0.146. The smallest absolute Gasteiger partial charge is 0.312 e. The van der Waals surface area contributed by atoms with E-state index in [9.17, 15) is 13.2 Å². The van der Waals surface area contributed by atoms with Crippen LogP contribution in [0.4, 0.5) is 13.2 Å². The molecule has 1 rings (SSSR count). The van der Waals surface area contributed by atoms with Gasteiger partial charge in [0.25, 0.3) is 0 Å². The SMILES string of the molecule is CC(CCNC(C)(C)C)c1ccccc1C(F)(F)F. The molecule has 1 atom stereocenters. The largest absolute Gasteiger partial charge is 0.416 e. The van der Waals surface area contributed by atoms with Crippen LogP contribution in [0.3, 0.4) is 0 Å². The highest BCUT2D eigenvalue weighted by molar-refractivity contribution is 5.32. The third kappa shape index (κ3) is 5.23. The fourth-order valence-electron chi connectivity index (χ4n) is 2.00. The molecule has 1 aromatic carbocycles. The molecule has 4 heteroatoms. The highest BCUT2D eigenvalue weighted by Crippen LogP contribution is 2.35. The normalized spacial score (nSPS) is 14.5. The minimum Gasteiger partial charge on any atom is -0.312 e. The summed E-state index contributed by atoms with van der Waals surface area (Å²) in [5, 5.41) is 3.30. The van der Waals surface area contributed by atoms with Crippen LogP contribution in [-0.2, 0) is 6.18 Å². The van der Waals surface area contributed by atoms with Gasteiger partial charge in [0.1, 0.15) is 0 Å². The summed E-state index contributed by atoms with van der Waals surface area (Å²) in [7, 11) is 0. The first-order valence-corrected chi connectivity index (χ1v) is 6.52. The number of halogens is 3. The van der Waals surface area contributed by atoms with Crippen molar-refractivity contribution < 1.29 is 13.2 Å². The summed E-state index contributed by atoms with van der Waals surface area (Å²) in [5.74, 6) is -0.118. The monoisotopic (exact) mass is 273 g/mol. The Hall–Kier alpha value is -1.03. The molecule has 0 saturated heterocycles. The topological polar surface area (TPSA) is 12.0 Å². The predicted molar refractivity (Wildman–Crippen MR) is 72.2 cm³/mol. The maximum atomic E-state index is 12.9. The van der Waals surface area contributed by atoms with Crippen molar-refractivity contribution in [3.63, 3.8) is 0 Å². The molecule has 1 nitrogen and oxygen atoms in total. The van der Waals surface area contributed by atoms with Gasteiger partial charge in [-0.3, -0.25) is 0 Å². The van der Waals surface area contributed by atoms with Crippen molar-refractivity contribution in [1.29, 1.82) is 0 Å². The fraction of sp³-hybridized carbons (Fsp3) is 0.600. The van der Waals surface area contributed by atoms with E-state index in [-0.39, 0.29) is 11.5 Å². The van der Waals surface area contributed by atoms with E-state index in [2.05, 4.69) is 5.32 Å². The van der Waals surface area contributed by atoms with Crippen molar-refractivity contribution in [3.8, 4) is 0 Å². The fourth-order valence-corrected chi connectivity index (χ4v) is 2.00. The standard InChI is InChI=1S/C15H22F3N/c1-11(9-10-19-14(2,3)4)12-7-5-6-8-13(12)15(16,17)18/h5-8,11,19H,9-10H2,1-4H3. The van der Waals surface area contributed by atoms with Crippen molar-refractivity contribution in [2.45, 2.75) is 51.7 Å². The first kappa shape index (κ1) is 16.0. The Bertz CT molecular complexity index is 405. The molecule has 0 amide bonds. The second kappa shape index (κ2) is 5.95. The van der Waals surface area contributed by atoms with E-state index in [0.717, 1.165) is 6.07 Å². The summed E-state index contributed by atoms with van der Waals surface area (Å²) in [6.07, 6.45) is -3.59. The van der Waals surface area contributed by atoms with E-state index in [0.29, 0.717) is 18.5 Å². The Labute approximate surface area is 113 Å². The molecule has 0 aliphatic carbocycles. The highest BCUT2D eigenvalue weighted by atomic mass is 19.4. The predicted octanol–water partition coefficient (Wildman–Crippen LogP) is 4.59. The third-order valence-corrected chi connectivity index (χ3v) is 3.03. The average Bonchev–Trinajstić information content (AvgIpc) is 2.26. The molecule has 0 heterocycles. The zero-order chi connectivity index (χ0) is 14.7. The van der Waals surface area contributed by atoms with E-state index in [4.69, 9.17) is 0 Å². The van der Waals surface area contributed by atoms with Gasteiger partial charge in [-0.25, -0.2) is 0 Å². The molecule has 0 saturated carbocycles. The first-order valence-electron chi connectivity index (χ1n) is 6.52. The molecule has 0 aliphatic rings. The lowest BCUT2D eigenvalue weighted by Gasteiger charge is -2.23. The molecule has 0 aliphatic heterocycles.